The summed E-state index contributed by atoms with van der Waals surface area (Å²) in [5, 5.41) is 6.61. The van der Waals surface area contributed by atoms with Crippen LogP contribution in [0.3, 0.4) is 0 Å². The van der Waals surface area contributed by atoms with Crippen LogP contribution in [0.5, 0.6) is 0 Å². The molecular weight excluding hydrogens is 635 g/mol. The van der Waals surface area contributed by atoms with Gasteiger partial charge in [-0.1, -0.05) is 120 Å². The van der Waals surface area contributed by atoms with E-state index in [1.165, 1.54) is 100 Å². The van der Waals surface area contributed by atoms with Crippen LogP contribution in [-0.2, 0) is 16.2 Å². The van der Waals surface area contributed by atoms with Gasteiger partial charge in [0.1, 0.15) is 0 Å². The van der Waals surface area contributed by atoms with Crippen molar-refractivity contribution < 1.29 is 0 Å². The monoisotopic (exact) mass is 677 g/mol. The Morgan fingerprint density at radius 1 is 0.608 bits per heavy atom. The molecule has 2 aliphatic heterocycles. The standard InChI is InChI=1S/C47H42BN2S/c1-45(2)23-24-46(3,4)35-27-37(49-28-15-8-7-9-16-28)30(25-34(35)45)31-26-40-41(29-17-10-13-22-39(29)51-40)44-42(31)48-36-20-14-19-33-43(36)50(44)38-21-12-11-18-32(38)47(33,5)6/h7-22,25-27,49H,23-24H2,1-6H3. The minimum absolute atomic E-state index is 0.0786. The molecule has 3 aliphatic rings. The molecule has 51 heavy (non-hydrogen) atoms. The Hall–Kier alpha value is -4.80. The van der Waals surface area contributed by atoms with Gasteiger partial charge in [-0.3, -0.25) is 0 Å². The zero-order valence-electron chi connectivity index (χ0n) is 30.3. The number of hydrogen-bond acceptors (Lipinski definition) is 3. The predicted molar refractivity (Wildman–Crippen MR) is 222 cm³/mol. The van der Waals surface area contributed by atoms with Gasteiger partial charge in [0, 0.05) is 48.2 Å². The van der Waals surface area contributed by atoms with Crippen LogP contribution in [0.2, 0.25) is 0 Å². The van der Waals surface area contributed by atoms with Gasteiger partial charge in [-0.05, 0) is 99.4 Å². The van der Waals surface area contributed by atoms with Gasteiger partial charge in [0.05, 0.1) is 11.4 Å². The lowest BCUT2D eigenvalue weighted by atomic mass is 9.55. The molecule has 0 spiro atoms. The minimum Gasteiger partial charge on any atom is -0.355 e. The van der Waals surface area contributed by atoms with Crippen molar-refractivity contribution in [2.75, 3.05) is 10.2 Å². The van der Waals surface area contributed by atoms with Crippen LogP contribution in [-0.4, -0.2) is 7.28 Å². The summed E-state index contributed by atoms with van der Waals surface area (Å²) in [6.45, 7) is 14.5. The molecule has 0 unspecified atom stereocenters. The summed E-state index contributed by atoms with van der Waals surface area (Å²) in [6.07, 6.45) is 2.35. The SMILES string of the molecule is CC1(C)CCC(C)(C)c2cc(-c3cc4sc5ccccc5c4c4c3[B]c3cccc5c3N4c3ccccc3C5(C)C)c(Nc3ccccc3)cc21. The molecule has 1 radical (unpaired) electrons. The van der Waals surface area contributed by atoms with Gasteiger partial charge in [0.15, 0.2) is 7.28 Å². The summed E-state index contributed by atoms with van der Waals surface area (Å²) in [5.41, 5.74) is 17.0. The Kier molecular flexibility index (Phi) is 6.45. The minimum atomic E-state index is -0.124. The average molecular weight is 678 g/mol. The maximum Gasteiger partial charge on any atom is 0.197 e. The quantitative estimate of drug-likeness (QED) is 0.187. The second-order valence-electron chi connectivity index (χ2n) is 16.7. The number of rotatable bonds is 3. The fourth-order valence-electron chi connectivity index (χ4n) is 9.38. The third-order valence-electron chi connectivity index (χ3n) is 12.3. The summed E-state index contributed by atoms with van der Waals surface area (Å²) in [5.74, 6) is 0. The molecule has 1 aromatic heterocycles. The molecule has 0 amide bonds. The first-order chi connectivity index (χ1) is 24.5. The molecule has 10 rings (SSSR count). The van der Waals surface area contributed by atoms with E-state index in [4.69, 9.17) is 0 Å². The fourth-order valence-corrected chi connectivity index (χ4v) is 10.5. The van der Waals surface area contributed by atoms with Gasteiger partial charge in [-0.15, -0.1) is 11.3 Å². The van der Waals surface area contributed by atoms with Gasteiger partial charge in [-0.25, -0.2) is 0 Å². The molecule has 4 heteroatoms. The molecule has 0 bridgehead atoms. The van der Waals surface area contributed by atoms with E-state index in [2.05, 4.69) is 174 Å². The van der Waals surface area contributed by atoms with Gasteiger partial charge in [0.25, 0.3) is 0 Å². The summed E-state index contributed by atoms with van der Waals surface area (Å²) < 4.78 is 2.65. The molecule has 3 heterocycles. The number of thiophene rings is 1. The summed E-state index contributed by atoms with van der Waals surface area (Å²) >= 11 is 1.92. The van der Waals surface area contributed by atoms with Crippen molar-refractivity contribution in [1.29, 1.82) is 0 Å². The van der Waals surface area contributed by atoms with Crippen molar-refractivity contribution in [3.05, 3.63) is 138 Å². The van der Waals surface area contributed by atoms with Crippen molar-refractivity contribution in [3.8, 4) is 11.1 Å². The lowest BCUT2D eigenvalue weighted by Crippen LogP contribution is -2.45. The number of anilines is 5. The van der Waals surface area contributed by atoms with E-state index in [1.54, 1.807) is 0 Å². The van der Waals surface area contributed by atoms with E-state index in [-0.39, 0.29) is 16.2 Å². The maximum absolute atomic E-state index is 3.93. The second-order valence-corrected chi connectivity index (χ2v) is 17.8. The number of nitrogens with zero attached hydrogens (tertiary/aromatic N) is 1. The Morgan fingerprint density at radius 2 is 1.29 bits per heavy atom. The van der Waals surface area contributed by atoms with Crippen LogP contribution in [0.15, 0.2) is 115 Å². The molecular formula is C47H42BN2S. The normalized spacial score (nSPS) is 17.3. The largest absolute Gasteiger partial charge is 0.355 e. The molecule has 0 saturated heterocycles. The molecule has 0 fully saturated rings. The highest BCUT2D eigenvalue weighted by atomic mass is 32.1. The first kappa shape index (κ1) is 31.0. The zero-order valence-corrected chi connectivity index (χ0v) is 31.1. The van der Waals surface area contributed by atoms with Crippen LogP contribution in [0.4, 0.5) is 28.4 Å². The molecule has 1 N–H and O–H groups in total. The summed E-state index contributed by atoms with van der Waals surface area (Å²) in [7, 11) is 2.50. The molecule has 7 aromatic rings. The van der Waals surface area contributed by atoms with Crippen molar-refractivity contribution in [1.82, 2.24) is 0 Å². The van der Waals surface area contributed by atoms with E-state index in [0.29, 0.717) is 0 Å². The van der Waals surface area contributed by atoms with Gasteiger partial charge >= 0.3 is 0 Å². The predicted octanol–water partition coefficient (Wildman–Crippen LogP) is 11.9. The molecule has 249 valence electrons. The fraction of sp³-hybridized carbons (Fsp3) is 0.234. The Bertz CT molecular complexity index is 2570. The molecule has 2 nitrogen and oxygen atoms in total. The van der Waals surface area contributed by atoms with Crippen LogP contribution < -0.4 is 21.1 Å². The first-order valence-corrected chi connectivity index (χ1v) is 19.2. The topological polar surface area (TPSA) is 15.3 Å². The van der Waals surface area contributed by atoms with E-state index in [0.717, 1.165) is 5.69 Å². The number of para-hydroxylation sites is 3. The van der Waals surface area contributed by atoms with Crippen molar-refractivity contribution in [3.63, 3.8) is 0 Å². The lowest BCUT2D eigenvalue weighted by Gasteiger charge is -2.46. The van der Waals surface area contributed by atoms with Crippen molar-refractivity contribution in [2.45, 2.75) is 70.6 Å². The molecule has 0 atom stereocenters. The maximum atomic E-state index is 3.93. The Labute approximate surface area is 306 Å². The highest BCUT2D eigenvalue weighted by Crippen LogP contribution is 2.56. The van der Waals surface area contributed by atoms with Crippen molar-refractivity contribution >= 4 is 78.2 Å². The number of fused-ring (bicyclic) bond motifs is 9. The first-order valence-electron chi connectivity index (χ1n) is 18.4. The highest BCUT2D eigenvalue weighted by Gasteiger charge is 2.43. The van der Waals surface area contributed by atoms with E-state index in [1.807, 2.05) is 11.3 Å². The molecule has 1 aliphatic carbocycles. The summed E-state index contributed by atoms with van der Waals surface area (Å²) in [6, 6.07) is 43.3. The number of benzene rings is 6. The lowest BCUT2D eigenvalue weighted by molar-refractivity contribution is 0.332. The van der Waals surface area contributed by atoms with Gasteiger partial charge < -0.3 is 10.2 Å². The smallest absolute Gasteiger partial charge is 0.197 e. The van der Waals surface area contributed by atoms with Crippen LogP contribution in [0.1, 0.15) is 76.6 Å². The second kappa shape index (κ2) is 10.6. The zero-order chi connectivity index (χ0) is 34.9. The molecule has 0 saturated carbocycles. The highest BCUT2D eigenvalue weighted by molar-refractivity contribution is 7.26. The van der Waals surface area contributed by atoms with E-state index < -0.39 is 0 Å². The number of hydrogen-bond donors (Lipinski definition) is 1. The van der Waals surface area contributed by atoms with E-state index in [9.17, 15) is 0 Å². The van der Waals surface area contributed by atoms with Crippen LogP contribution >= 0.6 is 11.3 Å². The van der Waals surface area contributed by atoms with Gasteiger partial charge in [-0.2, -0.15) is 0 Å². The number of nitrogens with one attached hydrogen (secondary N) is 1. The average Bonchev–Trinajstić information content (AvgIpc) is 3.50. The Morgan fingerprint density at radius 3 is 2.10 bits per heavy atom. The van der Waals surface area contributed by atoms with Crippen LogP contribution in [0.25, 0.3) is 31.3 Å². The van der Waals surface area contributed by atoms with E-state index >= 15 is 0 Å². The third-order valence-corrected chi connectivity index (χ3v) is 13.4. The summed E-state index contributed by atoms with van der Waals surface area (Å²) in [4.78, 5) is 2.63. The third kappa shape index (κ3) is 4.42. The van der Waals surface area contributed by atoms with Crippen molar-refractivity contribution in [2.24, 2.45) is 0 Å². The Balaban J connectivity index is 1.34. The molecule has 6 aromatic carbocycles. The van der Waals surface area contributed by atoms with Crippen LogP contribution in [0, 0.1) is 0 Å². The van der Waals surface area contributed by atoms with Gasteiger partial charge in [0.2, 0.25) is 0 Å².